The van der Waals surface area contributed by atoms with E-state index in [1.165, 1.54) is 0 Å². The highest BCUT2D eigenvalue weighted by Gasteiger charge is 2.43. The van der Waals surface area contributed by atoms with E-state index in [2.05, 4.69) is 0 Å². The van der Waals surface area contributed by atoms with Crippen LogP contribution in [-0.4, -0.2) is 134 Å². The fraction of sp³-hybridized carbons (Fsp3) is 1.00. The summed E-state index contributed by atoms with van der Waals surface area (Å²) in [4.78, 5) is 0. The highest BCUT2D eigenvalue weighted by Crippen LogP contribution is 2.24. The first kappa shape index (κ1) is 24.6. The molecular formula is C15H31NO11. The third-order valence-electron chi connectivity index (χ3n) is 4.83. The number of aliphatic hydroxyl groups is 9. The third-order valence-corrected chi connectivity index (χ3v) is 4.83. The van der Waals surface area contributed by atoms with E-state index in [4.69, 9.17) is 40.7 Å². The standard InChI is InChI=1S/C8H17NO5.C7H14O6/c9-7-6(3-12)14-5(2-11)4(1-10)8(7)13;8-1-3-5(10)7(12)6(11)4(2-9)13-3/h4-8,10-13H,1-3,9H2;3-12H,1-2H2/t4?,5-,6+,7+,8+;3-,4+,5-,6+,7?/m1./s1. The SMILES string of the molecule is N[C@H]1[C@H](CO)O[C@H](CO)C(CO)[C@@H]1O.OC[C@@H]1O[C@H](CO)[C@@H](O)C(O)[C@H]1O. The van der Waals surface area contributed by atoms with Crippen LogP contribution in [0, 0.1) is 5.92 Å². The maximum atomic E-state index is 9.65. The van der Waals surface area contributed by atoms with Crippen molar-refractivity contribution in [3.05, 3.63) is 0 Å². The van der Waals surface area contributed by atoms with Gasteiger partial charge in [0.05, 0.1) is 57.4 Å². The molecule has 2 aliphatic rings. The van der Waals surface area contributed by atoms with Crippen molar-refractivity contribution in [3.8, 4) is 0 Å². The van der Waals surface area contributed by atoms with Crippen LogP contribution in [0.25, 0.3) is 0 Å². The first-order valence-electron chi connectivity index (χ1n) is 8.60. The van der Waals surface area contributed by atoms with Crippen molar-refractivity contribution >= 4 is 0 Å². The Morgan fingerprint density at radius 1 is 0.519 bits per heavy atom. The molecule has 0 aromatic heterocycles. The molecule has 0 saturated carbocycles. The molecule has 2 heterocycles. The van der Waals surface area contributed by atoms with E-state index in [0.29, 0.717) is 0 Å². The van der Waals surface area contributed by atoms with Crippen molar-refractivity contribution in [3.63, 3.8) is 0 Å². The van der Waals surface area contributed by atoms with Crippen LogP contribution in [0.5, 0.6) is 0 Å². The topological polar surface area (TPSA) is 227 Å². The molecule has 0 aromatic rings. The van der Waals surface area contributed by atoms with Crippen molar-refractivity contribution in [2.24, 2.45) is 11.7 Å². The Labute approximate surface area is 156 Å². The first-order valence-corrected chi connectivity index (χ1v) is 8.60. The van der Waals surface area contributed by atoms with Gasteiger partial charge in [-0.15, -0.1) is 0 Å². The lowest BCUT2D eigenvalue weighted by Crippen LogP contribution is -2.61. The third kappa shape index (κ3) is 5.76. The zero-order chi connectivity index (χ0) is 20.7. The van der Waals surface area contributed by atoms with Crippen molar-refractivity contribution in [2.75, 3.05) is 33.0 Å². The molecule has 11 N–H and O–H groups in total. The highest BCUT2D eigenvalue weighted by molar-refractivity contribution is 4.94. The summed E-state index contributed by atoms with van der Waals surface area (Å²) in [6, 6.07) is -0.736. The number of nitrogens with two attached hydrogens (primary N) is 1. The summed E-state index contributed by atoms with van der Waals surface area (Å²) in [5.74, 6) is -0.599. The Balaban J connectivity index is 0.000000271. The van der Waals surface area contributed by atoms with Gasteiger partial charge in [0, 0.05) is 5.92 Å². The average Bonchev–Trinajstić information content (AvgIpc) is 2.68. The maximum Gasteiger partial charge on any atom is 0.111 e. The van der Waals surface area contributed by atoms with Crippen LogP contribution in [-0.2, 0) is 9.47 Å². The van der Waals surface area contributed by atoms with Crippen LogP contribution in [0.3, 0.4) is 0 Å². The molecule has 2 rings (SSSR count). The van der Waals surface area contributed by atoms with Crippen LogP contribution in [0.4, 0.5) is 0 Å². The summed E-state index contributed by atoms with van der Waals surface area (Å²) < 4.78 is 10.1. The molecule has 12 heteroatoms. The predicted octanol–water partition coefficient (Wildman–Crippen LogP) is -6.14. The van der Waals surface area contributed by atoms with E-state index in [-0.39, 0.29) is 19.8 Å². The fourth-order valence-electron chi connectivity index (χ4n) is 3.04. The van der Waals surface area contributed by atoms with E-state index >= 15 is 0 Å². The Bertz CT molecular complexity index is 395. The van der Waals surface area contributed by atoms with Gasteiger partial charge in [-0.05, 0) is 0 Å². The number of hydrogen-bond acceptors (Lipinski definition) is 12. The van der Waals surface area contributed by atoms with Crippen LogP contribution in [0.1, 0.15) is 0 Å². The lowest BCUT2D eigenvalue weighted by molar-refractivity contribution is -0.235. The van der Waals surface area contributed by atoms with Gasteiger partial charge in [-0.1, -0.05) is 0 Å². The Morgan fingerprint density at radius 3 is 1.30 bits per heavy atom. The number of aliphatic hydroxyl groups excluding tert-OH is 9. The van der Waals surface area contributed by atoms with Crippen molar-refractivity contribution in [2.45, 2.75) is 54.9 Å². The van der Waals surface area contributed by atoms with Gasteiger partial charge < -0.3 is 61.2 Å². The number of rotatable bonds is 5. The molecule has 0 amide bonds. The zero-order valence-electron chi connectivity index (χ0n) is 14.7. The molecule has 0 radical (unpaired) electrons. The van der Waals surface area contributed by atoms with Crippen molar-refractivity contribution in [1.82, 2.24) is 0 Å². The molecule has 2 saturated heterocycles. The minimum Gasteiger partial charge on any atom is -0.396 e. The van der Waals surface area contributed by atoms with Crippen LogP contribution in [0.15, 0.2) is 0 Å². The number of hydrogen-bond donors (Lipinski definition) is 10. The lowest BCUT2D eigenvalue weighted by atomic mass is 9.86. The highest BCUT2D eigenvalue weighted by atomic mass is 16.6. The van der Waals surface area contributed by atoms with Gasteiger partial charge in [-0.2, -0.15) is 0 Å². The smallest absolute Gasteiger partial charge is 0.111 e. The molecule has 2 unspecified atom stereocenters. The second kappa shape index (κ2) is 11.5. The summed E-state index contributed by atoms with van der Waals surface area (Å²) in [7, 11) is 0. The average molecular weight is 401 g/mol. The Hall–Kier alpha value is -0.480. The first-order chi connectivity index (χ1) is 12.8. The largest absolute Gasteiger partial charge is 0.396 e. The van der Waals surface area contributed by atoms with Crippen LogP contribution in [0.2, 0.25) is 0 Å². The van der Waals surface area contributed by atoms with E-state index < -0.39 is 74.0 Å². The van der Waals surface area contributed by atoms with Gasteiger partial charge >= 0.3 is 0 Å². The molecule has 162 valence electrons. The molecule has 2 aliphatic heterocycles. The van der Waals surface area contributed by atoms with E-state index in [1.807, 2.05) is 0 Å². The van der Waals surface area contributed by atoms with Gasteiger partial charge in [0.15, 0.2) is 0 Å². The summed E-state index contributed by atoms with van der Waals surface area (Å²) >= 11 is 0. The minimum atomic E-state index is -1.40. The van der Waals surface area contributed by atoms with Crippen LogP contribution >= 0.6 is 0 Å². The Kier molecular flexibility index (Phi) is 10.5. The lowest BCUT2D eigenvalue weighted by Gasteiger charge is -2.41. The quantitative estimate of drug-likeness (QED) is 0.208. The summed E-state index contributed by atoms with van der Waals surface area (Å²) in [5.41, 5.74) is 5.59. The fourth-order valence-corrected chi connectivity index (χ4v) is 3.04. The summed E-state index contributed by atoms with van der Waals surface area (Å²) in [6.45, 7) is -1.88. The molecule has 12 nitrogen and oxygen atoms in total. The normalized spacial score (nSPS) is 45.1. The van der Waals surface area contributed by atoms with E-state index in [0.717, 1.165) is 0 Å². The second-order valence-electron chi connectivity index (χ2n) is 6.54. The molecule has 27 heavy (non-hydrogen) atoms. The molecule has 0 aliphatic carbocycles. The van der Waals surface area contributed by atoms with Gasteiger partial charge in [0.1, 0.15) is 30.5 Å². The molecule has 10 atom stereocenters. The van der Waals surface area contributed by atoms with Gasteiger partial charge in [0.2, 0.25) is 0 Å². The predicted molar refractivity (Wildman–Crippen MR) is 88.2 cm³/mol. The second-order valence-corrected chi connectivity index (χ2v) is 6.54. The van der Waals surface area contributed by atoms with Gasteiger partial charge in [-0.25, -0.2) is 0 Å². The minimum absolute atomic E-state index is 0.307. The van der Waals surface area contributed by atoms with Gasteiger partial charge in [0.25, 0.3) is 0 Å². The van der Waals surface area contributed by atoms with Crippen molar-refractivity contribution < 1.29 is 55.4 Å². The maximum absolute atomic E-state index is 9.65. The molecule has 0 spiro atoms. The molecule has 0 bridgehead atoms. The van der Waals surface area contributed by atoms with E-state index in [1.54, 1.807) is 0 Å². The van der Waals surface area contributed by atoms with E-state index in [9.17, 15) is 20.4 Å². The Morgan fingerprint density at radius 2 is 0.926 bits per heavy atom. The monoisotopic (exact) mass is 401 g/mol. The summed E-state index contributed by atoms with van der Waals surface area (Å²) in [6.07, 6.45) is -8.32. The number of ether oxygens (including phenoxy) is 2. The molecular weight excluding hydrogens is 370 g/mol. The van der Waals surface area contributed by atoms with Crippen molar-refractivity contribution in [1.29, 1.82) is 0 Å². The van der Waals surface area contributed by atoms with Crippen LogP contribution < -0.4 is 5.73 Å². The molecule has 0 aromatic carbocycles. The zero-order valence-corrected chi connectivity index (χ0v) is 14.7. The molecule has 2 fully saturated rings. The van der Waals surface area contributed by atoms with Gasteiger partial charge in [-0.3, -0.25) is 0 Å². The summed E-state index contributed by atoms with van der Waals surface area (Å²) in [5, 5.41) is 81.6.